The Morgan fingerprint density at radius 3 is 2.36 bits per heavy atom. The fourth-order valence-electron chi connectivity index (χ4n) is 1.93. The maximum absolute atomic E-state index is 12.0. The Labute approximate surface area is 148 Å². The van der Waals surface area contributed by atoms with Crippen molar-refractivity contribution in [3.8, 4) is 11.5 Å². The van der Waals surface area contributed by atoms with Crippen LogP contribution < -0.4 is 14.8 Å². The first-order valence-electron chi connectivity index (χ1n) is 7.24. The fraction of sp³-hybridized carbons (Fsp3) is 0.235. The summed E-state index contributed by atoms with van der Waals surface area (Å²) in [7, 11) is 2.99. The molecule has 0 saturated heterocycles. The van der Waals surface area contributed by atoms with Crippen molar-refractivity contribution in [2.75, 3.05) is 26.1 Å². The molecule has 0 aliphatic carbocycles. The first-order valence-corrected chi connectivity index (χ1v) is 8.06. The molecule has 0 fully saturated rings. The maximum Gasteiger partial charge on any atom is 0.348 e. The standard InChI is InChI=1S/C17H17NO6S/c1-10(19)14-6-7-15(25-14)17(21)24-9-16(20)18-12-5-4-11(22-2)8-13(12)23-3/h4-8H,9H2,1-3H3,(H,18,20). The van der Waals surface area contributed by atoms with E-state index in [-0.39, 0.29) is 10.7 Å². The molecule has 25 heavy (non-hydrogen) atoms. The number of methoxy groups -OCH3 is 2. The number of thiophene rings is 1. The summed E-state index contributed by atoms with van der Waals surface area (Å²) in [4.78, 5) is 35.8. The smallest absolute Gasteiger partial charge is 0.348 e. The van der Waals surface area contributed by atoms with Gasteiger partial charge in [-0.15, -0.1) is 11.3 Å². The topological polar surface area (TPSA) is 90.9 Å². The number of amides is 1. The number of carbonyl (C=O) groups excluding carboxylic acids is 3. The van der Waals surface area contributed by atoms with E-state index in [0.717, 1.165) is 11.3 Å². The summed E-state index contributed by atoms with van der Waals surface area (Å²) in [6, 6.07) is 7.95. The normalized spacial score (nSPS) is 10.0. The Bertz CT molecular complexity index is 798. The largest absolute Gasteiger partial charge is 0.497 e. The Morgan fingerprint density at radius 1 is 1.04 bits per heavy atom. The van der Waals surface area contributed by atoms with Crippen LogP contribution in [0.15, 0.2) is 30.3 Å². The average Bonchev–Trinajstić information content (AvgIpc) is 3.10. The molecule has 1 amide bonds. The lowest BCUT2D eigenvalue weighted by Gasteiger charge is -2.11. The van der Waals surface area contributed by atoms with E-state index in [0.29, 0.717) is 22.1 Å². The minimum Gasteiger partial charge on any atom is -0.497 e. The quantitative estimate of drug-likeness (QED) is 0.601. The van der Waals surface area contributed by atoms with Crippen molar-refractivity contribution in [2.45, 2.75) is 6.92 Å². The van der Waals surface area contributed by atoms with Gasteiger partial charge in [-0.25, -0.2) is 4.79 Å². The predicted octanol–water partition coefficient (Wildman–Crippen LogP) is 2.76. The number of rotatable bonds is 7. The van der Waals surface area contributed by atoms with Crippen LogP contribution in [0.4, 0.5) is 5.69 Å². The zero-order chi connectivity index (χ0) is 18.4. The molecule has 0 aliphatic heterocycles. The molecule has 0 aliphatic rings. The Kier molecular flexibility index (Phi) is 6.13. The number of ketones is 1. The van der Waals surface area contributed by atoms with E-state index >= 15 is 0 Å². The summed E-state index contributed by atoms with van der Waals surface area (Å²) in [6.45, 7) is 0.956. The zero-order valence-corrected chi connectivity index (χ0v) is 14.8. The first kappa shape index (κ1) is 18.5. The average molecular weight is 363 g/mol. The highest BCUT2D eigenvalue weighted by Gasteiger charge is 2.15. The molecule has 0 spiro atoms. The molecule has 0 atom stereocenters. The number of Topliss-reactive ketones (excluding diaryl/α,β-unsaturated/α-hetero) is 1. The van der Waals surface area contributed by atoms with Crippen molar-refractivity contribution in [1.29, 1.82) is 0 Å². The molecule has 1 aromatic heterocycles. The fourth-order valence-corrected chi connectivity index (χ4v) is 2.72. The van der Waals surface area contributed by atoms with Gasteiger partial charge >= 0.3 is 5.97 Å². The van der Waals surface area contributed by atoms with Crippen LogP contribution in [0.25, 0.3) is 0 Å². The highest BCUT2D eigenvalue weighted by molar-refractivity contribution is 7.15. The third-order valence-electron chi connectivity index (χ3n) is 3.17. The number of benzene rings is 1. The minimum atomic E-state index is -0.658. The molecule has 0 bridgehead atoms. The van der Waals surface area contributed by atoms with Crippen molar-refractivity contribution < 1.29 is 28.6 Å². The van der Waals surface area contributed by atoms with Gasteiger partial charge in [0.2, 0.25) is 0 Å². The van der Waals surface area contributed by atoms with Gasteiger partial charge in [-0.3, -0.25) is 9.59 Å². The minimum absolute atomic E-state index is 0.131. The third-order valence-corrected chi connectivity index (χ3v) is 4.34. The second-order valence-corrected chi connectivity index (χ2v) is 5.99. The van der Waals surface area contributed by atoms with Crippen molar-refractivity contribution in [3.05, 3.63) is 40.1 Å². The van der Waals surface area contributed by atoms with Crippen molar-refractivity contribution >= 4 is 34.7 Å². The van der Waals surface area contributed by atoms with Gasteiger partial charge in [0.15, 0.2) is 12.4 Å². The van der Waals surface area contributed by atoms with E-state index in [1.165, 1.54) is 27.2 Å². The monoisotopic (exact) mass is 363 g/mol. The lowest BCUT2D eigenvalue weighted by molar-refractivity contribution is -0.119. The lowest BCUT2D eigenvalue weighted by atomic mass is 10.2. The van der Waals surface area contributed by atoms with Crippen LogP contribution in [0.1, 0.15) is 26.3 Å². The van der Waals surface area contributed by atoms with Gasteiger partial charge in [0.1, 0.15) is 16.4 Å². The summed E-state index contributed by atoms with van der Waals surface area (Å²) in [5.74, 6) is -0.300. The van der Waals surface area contributed by atoms with Crippen LogP contribution in [0.5, 0.6) is 11.5 Å². The molecule has 8 heteroatoms. The van der Waals surface area contributed by atoms with Crippen LogP contribution in [0.2, 0.25) is 0 Å². The summed E-state index contributed by atoms with van der Waals surface area (Å²) >= 11 is 1.03. The second-order valence-electron chi connectivity index (χ2n) is 4.91. The number of carbonyl (C=O) groups is 3. The molecule has 0 radical (unpaired) electrons. The van der Waals surface area contributed by atoms with E-state index in [9.17, 15) is 14.4 Å². The first-order chi connectivity index (χ1) is 11.9. The highest BCUT2D eigenvalue weighted by atomic mass is 32.1. The number of ether oxygens (including phenoxy) is 3. The molecule has 1 heterocycles. The Balaban J connectivity index is 1.94. The van der Waals surface area contributed by atoms with Crippen molar-refractivity contribution in [2.24, 2.45) is 0 Å². The third kappa shape index (κ3) is 4.80. The molecule has 2 rings (SSSR count). The molecule has 132 valence electrons. The van der Waals surface area contributed by atoms with Gasteiger partial charge in [0, 0.05) is 6.07 Å². The van der Waals surface area contributed by atoms with Gasteiger partial charge in [0.05, 0.1) is 24.8 Å². The predicted molar refractivity (Wildman–Crippen MR) is 92.8 cm³/mol. The van der Waals surface area contributed by atoms with E-state index in [1.807, 2.05) is 0 Å². The van der Waals surface area contributed by atoms with E-state index in [4.69, 9.17) is 14.2 Å². The van der Waals surface area contributed by atoms with Crippen LogP contribution in [-0.2, 0) is 9.53 Å². The lowest BCUT2D eigenvalue weighted by Crippen LogP contribution is -2.20. The van der Waals surface area contributed by atoms with Crippen molar-refractivity contribution in [1.82, 2.24) is 0 Å². The van der Waals surface area contributed by atoms with Crippen LogP contribution in [0.3, 0.4) is 0 Å². The Hall–Kier alpha value is -2.87. The zero-order valence-electron chi connectivity index (χ0n) is 14.0. The number of anilines is 1. The van der Waals surface area contributed by atoms with Crippen LogP contribution in [0, 0.1) is 0 Å². The molecule has 7 nitrogen and oxygen atoms in total. The van der Waals surface area contributed by atoms with E-state index in [2.05, 4.69) is 5.32 Å². The maximum atomic E-state index is 12.0. The van der Waals surface area contributed by atoms with Crippen LogP contribution in [-0.4, -0.2) is 38.5 Å². The van der Waals surface area contributed by atoms with Gasteiger partial charge in [-0.2, -0.15) is 0 Å². The number of hydrogen-bond donors (Lipinski definition) is 1. The van der Waals surface area contributed by atoms with Gasteiger partial charge < -0.3 is 19.5 Å². The summed E-state index contributed by atoms with van der Waals surface area (Å²) in [6.07, 6.45) is 0. The Morgan fingerprint density at radius 2 is 1.76 bits per heavy atom. The second kappa shape index (κ2) is 8.29. The van der Waals surface area contributed by atoms with E-state index < -0.39 is 18.5 Å². The molecular formula is C17H17NO6S. The SMILES string of the molecule is COc1ccc(NC(=O)COC(=O)c2ccc(C(C)=O)s2)c(OC)c1. The summed E-state index contributed by atoms with van der Waals surface area (Å²) < 4.78 is 15.2. The van der Waals surface area contributed by atoms with Crippen molar-refractivity contribution in [3.63, 3.8) is 0 Å². The molecule has 0 unspecified atom stereocenters. The number of nitrogens with one attached hydrogen (secondary N) is 1. The highest BCUT2D eigenvalue weighted by Crippen LogP contribution is 2.28. The molecular weight excluding hydrogens is 346 g/mol. The van der Waals surface area contributed by atoms with E-state index in [1.54, 1.807) is 24.3 Å². The van der Waals surface area contributed by atoms with Gasteiger partial charge in [0.25, 0.3) is 5.91 Å². The van der Waals surface area contributed by atoms with Gasteiger partial charge in [-0.05, 0) is 31.2 Å². The number of esters is 1. The molecule has 1 aromatic carbocycles. The summed E-state index contributed by atoms with van der Waals surface area (Å²) in [5, 5.41) is 2.60. The summed E-state index contributed by atoms with van der Waals surface area (Å²) in [5.41, 5.74) is 0.430. The molecule has 2 aromatic rings. The number of hydrogen-bond acceptors (Lipinski definition) is 7. The van der Waals surface area contributed by atoms with Gasteiger partial charge in [-0.1, -0.05) is 0 Å². The van der Waals surface area contributed by atoms with Crippen LogP contribution >= 0.6 is 11.3 Å². The molecule has 1 N–H and O–H groups in total. The molecule has 0 saturated carbocycles.